The Morgan fingerprint density at radius 3 is 3.00 bits per heavy atom. The molecular weight excluding hydrogens is 264 g/mol. The summed E-state index contributed by atoms with van der Waals surface area (Å²) in [6, 6.07) is 4.33. The van der Waals surface area contributed by atoms with Crippen LogP contribution in [0.3, 0.4) is 0 Å². The van der Waals surface area contributed by atoms with Crippen LogP contribution in [0.2, 0.25) is 0 Å². The third kappa shape index (κ3) is 2.95. The highest BCUT2D eigenvalue weighted by Crippen LogP contribution is 2.35. The van der Waals surface area contributed by atoms with Crippen molar-refractivity contribution in [3.8, 4) is 0 Å². The second-order valence-corrected chi connectivity index (χ2v) is 5.87. The van der Waals surface area contributed by atoms with Crippen LogP contribution in [-0.2, 0) is 0 Å². The Bertz CT molecular complexity index is 606. The first kappa shape index (κ1) is 14.1. The van der Waals surface area contributed by atoms with Crippen LogP contribution in [0.5, 0.6) is 0 Å². The third-order valence-electron chi connectivity index (χ3n) is 4.17. The molecule has 4 nitrogen and oxygen atoms in total. The van der Waals surface area contributed by atoms with Gasteiger partial charge in [-0.1, -0.05) is 10.7 Å². The molecule has 3 heterocycles. The van der Waals surface area contributed by atoms with E-state index in [1.807, 2.05) is 26.0 Å². The summed E-state index contributed by atoms with van der Waals surface area (Å²) in [5.41, 5.74) is 3.61. The fourth-order valence-corrected chi connectivity index (χ4v) is 3.29. The van der Waals surface area contributed by atoms with Gasteiger partial charge in [-0.2, -0.15) is 0 Å². The highest BCUT2D eigenvalue weighted by molar-refractivity contribution is 5.47. The summed E-state index contributed by atoms with van der Waals surface area (Å²) in [6.07, 6.45) is 6.23. The van der Waals surface area contributed by atoms with E-state index in [9.17, 15) is 0 Å². The Morgan fingerprint density at radius 2 is 2.33 bits per heavy atom. The molecular formula is C17H22N2O2. The predicted octanol–water partition coefficient (Wildman–Crippen LogP) is 4.12. The predicted molar refractivity (Wildman–Crippen MR) is 81.9 cm³/mol. The van der Waals surface area contributed by atoms with Gasteiger partial charge in [0.05, 0.1) is 12.0 Å². The molecule has 1 saturated heterocycles. The van der Waals surface area contributed by atoms with Crippen molar-refractivity contribution >= 4 is 6.08 Å². The number of hydrogen-bond acceptors (Lipinski definition) is 4. The molecule has 0 aliphatic carbocycles. The zero-order chi connectivity index (χ0) is 14.8. The maximum atomic E-state index is 5.39. The average molecular weight is 286 g/mol. The van der Waals surface area contributed by atoms with Crippen LogP contribution < -0.4 is 0 Å². The normalized spacial score (nSPS) is 20.3. The van der Waals surface area contributed by atoms with Gasteiger partial charge < -0.3 is 8.94 Å². The summed E-state index contributed by atoms with van der Waals surface area (Å²) in [5.74, 6) is 1.87. The van der Waals surface area contributed by atoms with Gasteiger partial charge in [-0.3, -0.25) is 4.90 Å². The molecule has 2 aromatic heterocycles. The molecule has 0 radical (unpaired) electrons. The van der Waals surface area contributed by atoms with Crippen molar-refractivity contribution in [2.75, 3.05) is 13.1 Å². The van der Waals surface area contributed by atoms with Crippen LogP contribution in [0.25, 0.3) is 6.08 Å². The summed E-state index contributed by atoms with van der Waals surface area (Å²) in [6.45, 7) is 8.28. The van der Waals surface area contributed by atoms with Gasteiger partial charge in [0.2, 0.25) is 0 Å². The second-order valence-electron chi connectivity index (χ2n) is 5.87. The molecule has 3 rings (SSSR count). The molecule has 0 saturated carbocycles. The summed E-state index contributed by atoms with van der Waals surface area (Å²) in [7, 11) is 0. The van der Waals surface area contributed by atoms with Gasteiger partial charge in [0, 0.05) is 18.2 Å². The summed E-state index contributed by atoms with van der Waals surface area (Å²) in [4.78, 5) is 2.52. The molecule has 1 aliphatic heterocycles. The quantitative estimate of drug-likeness (QED) is 0.847. The zero-order valence-electron chi connectivity index (χ0n) is 12.9. The zero-order valence-corrected chi connectivity index (χ0v) is 12.9. The standard InChI is InChI=1S/C17H22N2O2/c1-12(10-15-6-5-9-20-15)11-19-8-4-7-16(19)17-13(2)18-21-14(17)3/h5-6,9-10,16H,4,7-8,11H2,1-3H3/b12-10+. The summed E-state index contributed by atoms with van der Waals surface area (Å²) >= 11 is 0. The topological polar surface area (TPSA) is 42.4 Å². The van der Waals surface area contributed by atoms with E-state index in [1.54, 1.807) is 6.26 Å². The SMILES string of the molecule is C/C(=C\c1ccco1)CN1CCCC1c1c(C)noc1C. The van der Waals surface area contributed by atoms with Crippen molar-refractivity contribution < 1.29 is 8.94 Å². The molecule has 0 amide bonds. The molecule has 0 spiro atoms. The Kier molecular flexibility index (Phi) is 3.97. The van der Waals surface area contributed by atoms with E-state index in [4.69, 9.17) is 8.94 Å². The van der Waals surface area contributed by atoms with Gasteiger partial charge in [-0.05, 0) is 58.4 Å². The fraction of sp³-hybridized carbons (Fsp3) is 0.471. The maximum absolute atomic E-state index is 5.39. The molecule has 21 heavy (non-hydrogen) atoms. The largest absolute Gasteiger partial charge is 0.465 e. The summed E-state index contributed by atoms with van der Waals surface area (Å²) in [5, 5.41) is 4.10. The summed E-state index contributed by atoms with van der Waals surface area (Å²) < 4.78 is 10.7. The first-order chi connectivity index (χ1) is 10.1. The minimum absolute atomic E-state index is 0.427. The molecule has 1 fully saturated rings. The molecule has 0 N–H and O–H groups in total. The van der Waals surface area contributed by atoms with Gasteiger partial charge in [0.15, 0.2) is 0 Å². The van der Waals surface area contributed by atoms with Gasteiger partial charge in [0.25, 0.3) is 0 Å². The number of likely N-dealkylation sites (tertiary alicyclic amines) is 1. The average Bonchev–Trinajstić information content (AvgIpc) is 3.14. The highest BCUT2D eigenvalue weighted by atomic mass is 16.5. The van der Waals surface area contributed by atoms with Crippen molar-refractivity contribution in [2.24, 2.45) is 0 Å². The van der Waals surface area contributed by atoms with Gasteiger partial charge >= 0.3 is 0 Å². The van der Waals surface area contributed by atoms with E-state index < -0.39 is 0 Å². The molecule has 0 bridgehead atoms. The van der Waals surface area contributed by atoms with Crippen molar-refractivity contribution in [1.82, 2.24) is 10.1 Å². The van der Waals surface area contributed by atoms with E-state index in [0.717, 1.165) is 30.3 Å². The number of nitrogens with zero attached hydrogens (tertiary/aromatic N) is 2. The number of hydrogen-bond donors (Lipinski definition) is 0. The lowest BCUT2D eigenvalue weighted by Crippen LogP contribution is -2.25. The Balaban J connectivity index is 1.76. The molecule has 1 atom stereocenters. The third-order valence-corrected chi connectivity index (χ3v) is 4.17. The monoisotopic (exact) mass is 286 g/mol. The van der Waals surface area contributed by atoms with Gasteiger partial charge in [-0.25, -0.2) is 0 Å². The molecule has 1 aliphatic rings. The Labute approximate surface area is 125 Å². The number of aromatic nitrogens is 1. The van der Waals surface area contributed by atoms with E-state index in [0.29, 0.717) is 6.04 Å². The number of furan rings is 1. The van der Waals surface area contributed by atoms with Crippen LogP contribution in [0.15, 0.2) is 32.9 Å². The molecule has 112 valence electrons. The fourth-order valence-electron chi connectivity index (χ4n) is 3.29. The van der Waals surface area contributed by atoms with Gasteiger partial charge in [-0.15, -0.1) is 0 Å². The van der Waals surface area contributed by atoms with Crippen molar-refractivity contribution in [2.45, 2.75) is 39.7 Å². The van der Waals surface area contributed by atoms with Crippen LogP contribution >= 0.6 is 0 Å². The lowest BCUT2D eigenvalue weighted by molar-refractivity contribution is 0.276. The van der Waals surface area contributed by atoms with E-state index in [2.05, 4.69) is 23.1 Å². The molecule has 4 heteroatoms. The Hall–Kier alpha value is -1.81. The first-order valence-electron chi connectivity index (χ1n) is 7.52. The van der Waals surface area contributed by atoms with Crippen molar-refractivity contribution in [3.05, 3.63) is 46.7 Å². The van der Waals surface area contributed by atoms with E-state index >= 15 is 0 Å². The maximum Gasteiger partial charge on any atom is 0.138 e. The first-order valence-corrected chi connectivity index (χ1v) is 7.52. The molecule has 2 aromatic rings. The van der Waals surface area contributed by atoms with Crippen LogP contribution in [0, 0.1) is 13.8 Å². The Morgan fingerprint density at radius 1 is 1.48 bits per heavy atom. The lowest BCUT2D eigenvalue weighted by atomic mass is 10.0. The number of rotatable bonds is 4. The van der Waals surface area contributed by atoms with Gasteiger partial charge in [0.1, 0.15) is 11.5 Å². The van der Waals surface area contributed by atoms with E-state index in [-0.39, 0.29) is 0 Å². The lowest BCUT2D eigenvalue weighted by Gasteiger charge is -2.24. The van der Waals surface area contributed by atoms with Crippen LogP contribution in [-0.4, -0.2) is 23.1 Å². The minimum atomic E-state index is 0.427. The highest BCUT2D eigenvalue weighted by Gasteiger charge is 2.30. The van der Waals surface area contributed by atoms with Crippen molar-refractivity contribution in [1.29, 1.82) is 0 Å². The van der Waals surface area contributed by atoms with Crippen LogP contribution in [0.4, 0.5) is 0 Å². The molecule has 1 unspecified atom stereocenters. The van der Waals surface area contributed by atoms with E-state index in [1.165, 1.54) is 24.0 Å². The smallest absolute Gasteiger partial charge is 0.138 e. The van der Waals surface area contributed by atoms with Crippen molar-refractivity contribution in [3.63, 3.8) is 0 Å². The van der Waals surface area contributed by atoms with Crippen LogP contribution in [0.1, 0.15) is 48.6 Å². The second kappa shape index (κ2) is 5.90. The minimum Gasteiger partial charge on any atom is -0.465 e. The number of aryl methyl sites for hydroxylation is 2. The molecule has 0 aromatic carbocycles.